The number of nitrogens with one attached hydrogen (secondary N) is 1. The molecule has 7 heteroatoms. The van der Waals surface area contributed by atoms with E-state index >= 15 is 0 Å². The van der Waals surface area contributed by atoms with E-state index in [1.165, 1.54) is 23.2 Å². The highest BCUT2D eigenvalue weighted by Gasteiger charge is 2.18. The summed E-state index contributed by atoms with van der Waals surface area (Å²) in [6.45, 7) is 4.19. The number of urea groups is 1. The van der Waals surface area contributed by atoms with Crippen molar-refractivity contribution in [2.75, 3.05) is 18.4 Å². The topological polar surface area (TPSA) is 106 Å². The lowest BCUT2D eigenvalue weighted by Crippen LogP contribution is -2.38. The largest absolute Gasteiger partial charge is 0.476 e. The van der Waals surface area contributed by atoms with Crippen molar-refractivity contribution < 1.29 is 14.7 Å². The van der Waals surface area contributed by atoms with Crippen LogP contribution >= 0.6 is 0 Å². The summed E-state index contributed by atoms with van der Waals surface area (Å²) in [5.41, 5.74) is -0.0849. The van der Waals surface area contributed by atoms with Crippen LogP contribution in [0.1, 0.15) is 24.3 Å². The molecular weight excluding hydrogens is 260 g/mol. The van der Waals surface area contributed by atoms with Gasteiger partial charge in [-0.2, -0.15) is 5.26 Å². The van der Waals surface area contributed by atoms with Gasteiger partial charge >= 0.3 is 12.0 Å². The monoisotopic (exact) mass is 276 g/mol. The molecule has 0 aliphatic heterocycles. The number of nitriles is 1. The van der Waals surface area contributed by atoms with Gasteiger partial charge in [-0.1, -0.05) is 0 Å². The van der Waals surface area contributed by atoms with Crippen LogP contribution in [0.5, 0.6) is 0 Å². The molecule has 20 heavy (non-hydrogen) atoms. The lowest BCUT2D eigenvalue weighted by molar-refractivity contribution is 0.0691. The number of aromatic nitrogens is 1. The molecule has 1 atom stereocenters. The maximum absolute atomic E-state index is 12.1. The van der Waals surface area contributed by atoms with Crippen LogP contribution in [0.3, 0.4) is 0 Å². The smallest absolute Gasteiger partial charge is 0.356 e. The van der Waals surface area contributed by atoms with Crippen LogP contribution in [0.15, 0.2) is 18.3 Å². The summed E-state index contributed by atoms with van der Waals surface area (Å²) in [6, 6.07) is 4.60. The second kappa shape index (κ2) is 7.09. The second-order valence-corrected chi connectivity index (χ2v) is 4.20. The Bertz CT molecular complexity index is 539. The zero-order valence-corrected chi connectivity index (χ0v) is 11.3. The number of carbonyl (C=O) groups excluding carboxylic acids is 1. The molecule has 0 saturated heterocycles. The van der Waals surface area contributed by atoms with Gasteiger partial charge in [0, 0.05) is 19.3 Å². The zero-order chi connectivity index (χ0) is 15.1. The van der Waals surface area contributed by atoms with E-state index in [2.05, 4.69) is 10.3 Å². The summed E-state index contributed by atoms with van der Waals surface area (Å²) in [5.74, 6) is -1.51. The number of hydrogen-bond acceptors (Lipinski definition) is 4. The third-order valence-corrected chi connectivity index (χ3v) is 2.64. The first-order chi connectivity index (χ1) is 9.49. The molecule has 0 bridgehead atoms. The van der Waals surface area contributed by atoms with Crippen molar-refractivity contribution >= 4 is 17.7 Å². The Hall–Kier alpha value is -2.62. The van der Waals surface area contributed by atoms with Gasteiger partial charge in [0.15, 0.2) is 5.69 Å². The minimum atomic E-state index is -1.21. The maximum Gasteiger partial charge on any atom is 0.356 e. The number of amides is 2. The van der Waals surface area contributed by atoms with Crippen molar-refractivity contribution in [1.82, 2.24) is 9.88 Å². The molecule has 1 rings (SSSR count). The summed E-state index contributed by atoms with van der Waals surface area (Å²) in [5, 5.41) is 20.3. The molecule has 2 N–H and O–H groups in total. The van der Waals surface area contributed by atoms with Gasteiger partial charge in [0.05, 0.1) is 17.7 Å². The Morgan fingerprint density at radius 1 is 1.60 bits per heavy atom. The fourth-order valence-electron chi connectivity index (χ4n) is 1.60. The molecule has 0 radical (unpaired) electrons. The van der Waals surface area contributed by atoms with E-state index in [0.717, 1.165) is 0 Å². The van der Waals surface area contributed by atoms with E-state index < -0.39 is 12.0 Å². The average Bonchev–Trinajstić information content (AvgIpc) is 2.44. The van der Waals surface area contributed by atoms with E-state index in [1.807, 2.05) is 6.07 Å². The number of nitrogens with zero attached hydrogens (tertiary/aromatic N) is 3. The summed E-state index contributed by atoms with van der Waals surface area (Å²) in [4.78, 5) is 28.2. The van der Waals surface area contributed by atoms with Gasteiger partial charge in [-0.15, -0.1) is 0 Å². The van der Waals surface area contributed by atoms with Crippen LogP contribution < -0.4 is 5.32 Å². The highest BCUT2D eigenvalue weighted by atomic mass is 16.4. The molecular formula is C13H16N4O3. The first-order valence-electron chi connectivity index (χ1n) is 6.13. The molecule has 0 fully saturated rings. The summed E-state index contributed by atoms with van der Waals surface area (Å²) < 4.78 is 0. The van der Waals surface area contributed by atoms with Gasteiger partial charge in [-0.3, -0.25) is 0 Å². The lowest BCUT2D eigenvalue weighted by atomic mass is 10.2. The Balaban J connectivity index is 2.84. The molecule has 0 aliphatic rings. The molecule has 1 heterocycles. The highest BCUT2D eigenvalue weighted by Crippen LogP contribution is 2.13. The number of pyridine rings is 1. The van der Waals surface area contributed by atoms with Crippen molar-refractivity contribution in [2.45, 2.75) is 13.8 Å². The lowest BCUT2D eigenvalue weighted by Gasteiger charge is -2.22. The van der Waals surface area contributed by atoms with Gasteiger partial charge in [0.2, 0.25) is 0 Å². The molecule has 106 valence electrons. The predicted octanol–water partition coefficient (Wildman–Crippen LogP) is 1.79. The van der Waals surface area contributed by atoms with E-state index in [-0.39, 0.29) is 23.8 Å². The van der Waals surface area contributed by atoms with Crippen molar-refractivity contribution in [3.63, 3.8) is 0 Å². The van der Waals surface area contributed by atoms with Crippen LogP contribution in [0, 0.1) is 17.2 Å². The third-order valence-electron chi connectivity index (χ3n) is 2.64. The van der Waals surface area contributed by atoms with Gasteiger partial charge in [0.1, 0.15) is 0 Å². The SMILES string of the molecule is CCN(CC(C)C#N)C(=O)Nc1cccnc1C(=O)O. The Morgan fingerprint density at radius 3 is 2.85 bits per heavy atom. The number of carboxylic acid groups (broad SMARTS) is 1. The van der Waals surface area contributed by atoms with Crippen LogP contribution in [0.2, 0.25) is 0 Å². The van der Waals surface area contributed by atoms with Crippen molar-refractivity contribution in [3.05, 3.63) is 24.0 Å². The third kappa shape index (κ3) is 3.95. The fourth-order valence-corrected chi connectivity index (χ4v) is 1.60. The van der Waals surface area contributed by atoms with Crippen molar-refractivity contribution in [2.24, 2.45) is 5.92 Å². The number of carboxylic acids is 1. The number of carbonyl (C=O) groups is 2. The molecule has 7 nitrogen and oxygen atoms in total. The van der Waals surface area contributed by atoms with Gasteiger partial charge in [0.25, 0.3) is 0 Å². The molecule has 0 aliphatic carbocycles. The molecule has 1 aromatic rings. The summed E-state index contributed by atoms with van der Waals surface area (Å²) in [6.07, 6.45) is 1.34. The number of aromatic carboxylic acids is 1. The predicted molar refractivity (Wildman–Crippen MR) is 72.2 cm³/mol. The summed E-state index contributed by atoms with van der Waals surface area (Å²) in [7, 11) is 0. The van der Waals surface area contributed by atoms with Crippen LogP contribution in [-0.4, -0.2) is 40.1 Å². The zero-order valence-electron chi connectivity index (χ0n) is 11.3. The van der Waals surface area contributed by atoms with Crippen molar-refractivity contribution in [3.8, 4) is 6.07 Å². The van der Waals surface area contributed by atoms with E-state index in [0.29, 0.717) is 6.54 Å². The average molecular weight is 276 g/mol. The van der Waals surface area contributed by atoms with Gasteiger partial charge in [-0.25, -0.2) is 14.6 Å². The van der Waals surface area contributed by atoms with E-state index in [1.54, 1.807) is 13.8 Å². The molecule has 1 aromatic heterocycles. The van der Waals surface area contributed by atoms with E-state index in [9.17, 15) is 9.59 Å². The Kier molecular flexibility index (Phi) is 5.47. The molecule has 2 amide bonds. The molecule has 0 spiro atoms. The number of anilines is 1. The standard InChI is InChI=1S/C13H16N4O3/c1-3-17(8-9(2)7-14)13(20)16-10-5-4-6-15-11(10)12(18)19/h4-6,9H,3,8H2,1-2H3,(H,16,20)(H,18,19). The first kappa shape index (κ1) is 15.4. The quantitative estimate of drug-likeness (QED) is 0.852. The van der Waals surface area contributed by atoms with Crippen LogP contribution in [-0.2, 0) is 0 Å². The second-order valence-electron chi connectivity index (χ2n) is 4.20. The first-order valence-corrected chi connectivity index (χ1v) is 6.13. The van der Waals surface area contributed by atoms with Gasteiger partial charge in [-0.05, 0) is 26.0 Å². The summed E-state index contributed by atoms with van der Waals surface area (Å²) >= 11 is 0. The van der Waals surface area contributed by atoms with Crippen LogP contribution in [0.25, 0.3) is 0 Å². The molecule has 1 unspecified atom stereocenters. The number of hydrogen-bond donors (Lipinski definition) is 2. The van der Waals surface area contributed by atoms with Gasteiger partial charge < -0.3 is 15.3 Å². The van der Waals surface area contributed by atoms with Crippen molar-refractivity contribution in [1.29, 1.82) is 5.26 Å². The minimum absolute atomic E-state index is 0.132. The number of rotatable bonds is 5. The van der Waals surface area contributed by atoms with Crippen LogP contribution in [0.4, 0.5) is 10.5 Å². The minimum Gasteiger partial charge on any atom is -0.476 e. The normalized spacial score (nSPS) is 11.2. The van der Waals surface area contributed by atoms with E-state index in [4.69, 9.17) is 10.4 Å². The Labute approximate surface area is 116 Å². The molecule has 0 saturated carbocycles. The Morgan fingerprint density at radius 2 is 2.30 bits per heavy atom. The fraction of sp³-hybridized carbons (Fsp3) is 0.385. The molecule has 0 aromatic carbocycles. The maximum atomic E-state index is 12.1. The highest BCUT2D eigenvalue weighted by molar-refractivity contribution is 5.98.